The third-order valence-corrected chi connectivity index (χ3v) is 1.04. The van der Waals surface area contributed by atoms with Crippen molar-refractivity contribution in [3.8, 4) is 0 Å². The summed E-state index contributed by atoms with van der Waals surface area (Å²) in [6.07, 6.45) is 0. The summed E-state index contributed by atoms with van der Waals surface area (Å²) in [6.45, 7) is 2.02. The fraction of sp³-hybridized carbons (Fsp3) is 0.143. The third kappa shape index (κ3) is 8.91. The quantitative estimate of drug-likeness (QED) is 0.594. The number of rotatable bonds is 0. The summed E-state index contributed by atoms with van der Waals surface area (Å²) in [5.74, 6) is 0. The summed E-state index contributed by atoms with van der Waals surface area (Å²) in [4.78, 5) is 0. The Morgan fingerprint density at radius 1 is 1.09 bits per heavy atom. The molecule has 5 radical (unpaired) electrons. The predicted molar refractivity (Wildman–Crippen MR) is 36.6 cm³/mol. The molecule has 47 valence electrons. The van der Waals surface area contributed by atoms with Crippen molar-refractivity contribution < 1.29 is 98.1 Å². The van der Waals surface area contributed by atoms with Crippen LogP contribution < -0.4 is 5.46 Å². The van der Waals surface area contributed by atoms with Gasteiger partial charge in [0, 0.05) is 98.1 Å². The zero-order chi connectivity index (χ0) is 5.98. The maximum Gasteiger partial charge on any atom is 0.113 e. The Bertz CT molecular complexity index is 174. The van der Waals surface area contributed by atoms with Crippen molar-refractivity contribution in [2.75, 3.05) is 0 Å². The van der Waals surface area contributed by atoms with Gasteiger partial charge in [0.2, 0.25) is 0 Å². The van der Waals surface area contributed by atoms with E-state index >= 15 is 0 Å². The molecule has 0 aromatic heterocycles. The summed E-state index contributed by atoms with van der Waals surface area (Å²) in [7, 11) is 5.46. The molecule has 0 aliphatic carbocycles. The first kappa shape index (κ1) is 19.2. The number of aryl methyl sites for hydroxylation is 1. The zero-order valence-electron chi connectivity index (χ0n) is 6.62. The minimum absolute atomic E-state index is 0. The molecular formula is C7H7BY3. The Hall–Kier alpha value is 2.60. The van der Waals surface area contributed by atoms with Crippen LogP contribution in [0.3, 0.4) is 0 Å². The number of hydrogen-bond acceptors (Lipinski definition) is 0. The summed E-state index contributed by atoms with van der Waals surface area (Å²) >= 11 is 0. The van der Waals surface area contributed by atoms with Gasteiger partial charge in [-0.05, 0) is 6.92 Å². The topological polar surface area (TPSA) is 0 Å². The molecule has 0 aliphatic rings. The van der Waals surface area contributed by atoms with Crippen molar-refractivity contribution in [2.45, 2.75) is 6.92 Å². The Morgan fingerprint density at radius 2 is 1.64 bits per heavy atom. The molecule has 1 rings (SSSR count). The van der Waals surface area contributed by atoms with Crippen LogP contribution in [0, 0.1) is 6.92 Å². The Kier molecular flexibility index (Phi) is 18.6. The third-order valence-electron chi connectivity index (χ3n) is 1.04. The van der Waals surface area contributed by atoms with Crippen molar-refractivity contribution in [3.05, 3.63) is 29.8 Å². The molecular weight excluding hydrogens is 362 g/mol. The molecule has 0 spiro atoms. The van der Waals surface area contributed by atoms with E-state index in [1.807, 2.05) is 31.2 Å². The first-order valence-corrected chi connectivity index (χ1v) is 2.61. The summed E-state index contributed by atoms with van der Waals surface area (Å²) < 4.78 is 0. The van der Waals surface area contributed by atoms with E-state index in [0.717, 1.165) is 5.46 Å². The molecule has 0 fully saturated rings. The van der Waals surface area contributed by atoms with Gasteiger partial charge >= 0.3 is 0 Å². The molecule has 0 amide bonds. The molecule has 0 nitrogen and oxygen atoms in total. The van der Waals surface area contributed by atoms with Crippen LogP contribution in [-0.4, -0.2) is 7.85 Å². The van der Waals surface area contributed by atoms with Gasteiger partial charge in [0.1, 0.15) is 7.85 Å². The molecule has 0 unspecified atom stereocenters. The van der Waals surface area contributed by atoms with Gasteiger partial charge < -0.3 is 0 Å². The van der Waals surface area contributed by atoms with Crippen molar-refractivity contribution in [1.29, 1.82) is 0 Å². The van der Waals surface area contributed by atoms with Crippen molar-refractivity contribution >= 4 is 13.3 Å². The average molecular weight is 369 g/mol. The minimum atomic E-state index is 0. The molecule has 0 saturated carbocycles. The molecule has 0 heterocycles. The van der Waals surface area contributed by atoms with Crippen LogP contribution in [-0.2, 0) is 98.1 Å². The van der Waals surface area contributed by atoms with Gasteiger partial charge in [-0.3, -0.25) is 0 Å². The van der Waals surface area contributed by atoms with Crippen molar-refractivity contribution in [2.24, 2.45) is 0 Å². The van der Waals surface area contributed by atoms with E-state index in [9.17, 15) is 0 Å². The number of hydrogen-bond donors (Lipinski definition) is 0. The first-order valence-electron chi connectivity index (χ1n) is 2.61. The van der Waals surface area contributed by atoms with Crippen molar-refractivity contribution in [1.82, 2.24) is 0 Å². The molecule has 0 atom stereocenters. The van der Waals surface area contributed by atoms with Gasteiger partial charge in [-0.25, -0.2) is 0 Å². The normalized spacial score (nSPS) is 6.64. The standard InChI is InChI=1S/C7H7B.3Y/c1-6-3-2-4-7(8)5-6;;;/h2-5H,1H3;;;. The minimum Gasteiger partial charge on any atom is -0.0964 e. The molecule has 1 aromatic rings. The van der Waals surface area contributed by atoms with Gasteiger partial charge in [0.25, 0.3) is 0 Å². The van der Waals surface area contributed by atoms with E-state index in [1.165, 1.54) is 5.56 Å². The number of benzene rings is 1. The molecule has 4 heteroatoms. The summed E-state index contributed by atoms with van der Waals surface area (Å²) in [5.41, 5.74) is 2.05. The van der Waals surface area contributed by atoms with Gasteiger partial charge in [-0.2, -0.15) is 0 Å². The average Bonchev–Trinajstić information content (AvgIpc) is 1.64. The molecule has 11 heavy (non-hydrogen) atoms. The summed E-state index contributed by atoms with van der Waals surface area (Å²) in [6, 6.07) is 7.80. The fourth-order valence-corrected chi connectivity index (χ4v) is 0.670. The van der Waals surface area contributed by atoms with Gasteiger partial charge in [-0.15, -0.1) is 0 Å². The summed E-state index contributed by atoms with van der Waals surface area (Å²) in [5, 5.41) is 0. The van der Waals surface area contributed by atoms with E-state index < -0.39 is 0 Å². The van der Waals surface area contributed by atoms with Crippen molar-refractivity contribution in [3.63, 3.8) is 0 Å². The largest absolute Gasteiger partial charge is 0.113 e. The predicted octanol–water partition coefficient (Wildman–Crippen LogP) is 0.781. The molecule has 0 N–H and O–H groups in total. The smallest absolute Gasteiger partial charge is 0.0964 e. The van der Waals surface area contributed by atoms with E-state index in [-0.39, 0.29) is 98.1 Å². The van der Waals surface area contributed by atoms with Crippen LogP contribution in [0.1, 0.15) is 5.56 Å². The second kappa shape index (κ2) is 10.7. The molecule has 0 aliphatic heterocycles. The maximum absolute atomic E-state index is 5.46. The van der Waals surface area contributed by atoms with Crippen LogP contribution in [0.15, 0.2) is 24.3 Å². The van der Waals surface area contributed by atoms with Crippen LogP contribution in [0.5, 0.6) is 0 Å². The van der Waals surface area contributed by atoms with E-state index in [2.05, 4.69) is 0 Å². The van der Waals surface area contributed by atoms with Crippen LogP contribution in [0.4, 0.5) is 0 Å². The van der Waals surface area contributed by atoms with E-state index in [4.69, 9.17) is 7.85 Å². The van der Waals surface area contributed by atoms with E-state index in [1.54, 1.807) is 0 Å². The van der Waals surface area contributed by atoms with Crippen LogP contribution >= 0.6 is 0 Å². The SMILES string of the molecule is [B]c1cccc(C)c1.[Y].[Y].[Y]. The van der Waals surface area contributed by atoms with Crippen LogP contribution in [0.2, 0.25) is 0 Å². The first-order chi connectivity index (χ1) is 3.79. The second-order valence-corrected chi connectivity index (χ2v) is 1.91. The molecule has 1 aromatic carbocycles. The monoisotopic (exact) mass is 369 g/mol. The van der Waals surface area contributed by atoms with Gasteiger partial charge in [-0.1, -0.05) is 35.3 Å². The van der Waals surface area contributed by atoms with Gasteiger partial charge in [0.05, 0.1) is 0 Å². The zero-order valence-corrected chi connectivity index (χ0v) is 15.1. The van der Waals surface area contributed by atoms with Gasteiger partial charge in [0.15, 0.2) is 0 Å². The Balaban J connectivity index is -0.000000213. The maximum atomic E-state index is 5.46. The molecule has 0 bridgehead atoms. The fourth-order valence-electron chi connectivity index (χ4n) is 0.670. The Labute approximate surface area is 145 Å². The van der Waals surface area contributed by atoms with E-state index in [0.29, 0.717) is 0 Å². The molecule has 0 saturated heterocycles. The van der Waals surface area contributed by atoms with Crippen LogP contribution in [0.25, 0.3) is 0 Å². The Morgan fingerprint density at radius 3 is 1.91 bits per heavy atom. The second-order valence-electron chi connectivity index (χ2n) is 1.91.